The molecule has 0 unspecified atom stereocenters. The average Bonchev–Trinajstić information content (AvgIpc) is 2.59. The van der Waals surface area contributed by atoms with Gasteiger partial charge in [0.2, 0.25) is 0 Å². The Labute approximate surface area is 81.0 Å². The van der Waals surface area contributed by atoms with E-state index >= 15 is 0 Å². The summed E-state index contributed by atoms with van der Waals surface area (Å²) >= 11 is 3.81. The zero-order chi connectivity index (χ0) is 8.23. The van der Waals surface area contributed by atoms with E-state index in [1.54, 1.807) is 11.3 Å². The van der Waals surface area contributed by atoms with E-state index in [2.05, 4.69) is 21.6 Å². The van der Waals surface area contributed by atoms with Crippen molar-refractivity contribution >= 4 is 23.1 Å². The first-order valence-electron chi connectivity index (χ1n) is 4.12. The molecule has 1 aromatic heterocycles. The zero-order valence-corrected chi connectivity index (χ0v) is 8.53. The van der Waals surface area contributed by atoms with Crippen LogP contribution in [0.25, 0.3) is 0 Å². The quantitative estimate of drug-likeness (QED) is 0.723. The Morgan fingerprint density at radius 1 is 1.42 bits per heavy atom. The van der Waals surface area contributed by atoms with Crippen molar-refractivity contribution in [1.82, 2.24) is 9.88 Å². The predicted octanol–water partition coefficient (Wildman–Crippen LogP) is 1.69. The van der Waals surface area contributed by atoms with Crippen molar-refractivity contribution in [3.63, 3.8) is 0 Å². The first-order chi connectivity index (χ1) is 5.95. The molecule has 2 nitrogen and oxygen atoms in total. The summed E-state index contributed by atoms with van der Waals surface area (Å²) in [5, 5.41) is 0. The molecule has 0 radical (unpaired) electrons. The molecule has 2 heterocycles. The van der Waals surface area contributed by atoms with Gasteiger partial charge >= 0.3 is 0 Å². The van der Waals surface area contributed by atoms with Gasteiger partial charge in [-0.25, -0.2) is 0 Å². The van der Waals surface area contributed by atoms with Crippen molar-refractivity contribution in [2.24, 2.45) is 0 Å². The third kappa shape index (κ3) is 2.21. The molecular formula is C8H12N2S2. The number of hydrogen-bond donors (Lipinski definition) is 0. The highest BCUT2D eigenvalue weighted by Gasteiger charge is 2.10. The van der Waals surface area contributed by atoms with E-state index in [1.165, 1.54) is 29.5 Å². The second-order valence-electron chi connectivity index (χ2n) is 2.86. The first-order valence-corrected chi connectivity index (χ1v) is 6.16. The van der Waals surface area contributed by atoms with Gasteiger partial charge in [0.25, 0.3) is 0 Å². The topological polar surface area (TPSA) is 16.1 Å². The second-order valence-corrected chi connectivity index (χ2v) is 5.05. The molecule has 4 heteroatoms. The van der Waals surface area contributed by atoms with Crippen molar-refractivity contribution in [2.75, 3.05) is 24.6 Å². The van der Waals surface area contributed by atoms with Gasteiger partial charge in [0.15, 0.2) is 0 Å². The highest BCUT2D eigenvalue weighted by atomic mass is 32.2. The van der Waals surface area contributed by atoms with E-state index in [1.807, 2.05) is 11.7 Å². The number of aromatic nitrogens is 1. The van der Waals surface area contributed by atoms with Crippen LogP contribution in [0.5, 0.6) is 0 Å². The Hall–Kier alpha value is -0.0600. The molecule has 1 aliphatic rings. The van der Waals surface area contributed by atoms with Gasteiger partial charge in [-0.3, -0.25) is 9.88 Å². The van der Waals surface area contributed by atoms with Gasteiger partial charge in [-0.1, -0.05) is 0 Å². The van der Waals surface area contributed by atoms with E-state index < -0.39 is 0 Å². The largest absolute Gasteiger partial charge is 0.297 e. The molecule has 0 saturated carbocycles. The van der Waals surface area contributed by atoms with Crippen molar-refractivity contribution in [3.05, 3.63) is 16.6 Å². The number of rotatable bonds is 2. The lowest BCUT2D eigenvalue weighted by atomic mass is 10.4. The SMILES string of the molecule is c1ncc(CN2CCSCC2)s1. The van der Waals surface area contributed by atoms with Crippen LogP contribution in [0.1, 0.15) is 4.88 Å². The summed E-state index contributed by atoms with van der Waals surface area (Å²) in [7, 11) is 0. The molecule has 12 heavy (non-hydrogen) atoms. The minimum absolute atomic E-state index is 1.10. The molecular weight excluding hydrogens is 188 g/mol. The molecule has 0 amide bonds. The van der Waals surface area contributed by atoms with Gasteiger partial charge in [-0.2, -0.15) is 11.8 Å². The maximum atomic E-state index is 4.07. The fourth-order valence-corrected chi connectivity index (χ4v) is 2.91. The molecule has 0 atom stereocenters. The molecule has 1 fully saturated rings. The van der Waals surface area contributed by atoms with Gasteiger partial charge in [-0.15, -0.1) is 11.3 Å². The van der Waals surface area contributed by atoms with Crippen LogP contribution in [0, 0.1) is 0 Å². The van der Waals surface area contributed by atoms with Crippen LogP contribution >= 0.6 is 23.1 Å². The Morgan fingerprint density at radius 3 is 2.92 bits per heavy atom. The fourth-order valence-electron chi connectivity index (χ4n) is 1.30. The van der Waals surface area contributed by atoms with E-state index in [4.69, 9.17) is 0 Å². The van der Waals surface area contributed by atoms with Crippen molar-refractivity contribution < 1.29 is 0 Å². The first kappa shape index (κ1) is 8.53. The maximum absolute atomic E-state index is 4.07. The lowest BCUT2D eigenvalue weighted by molar-refractivity contribution is 0.297. The van der Waals surface area contributed by atoms with Crippen LogP contribution in [0.3, 0.4) is 0 Å². The van der Waals surface area contributed by atoms with Crippen LogP contribution < -0.4 is 0 Å². The molecule has 1 saturated heterocycles. The molecule has 66 valence electrons. The van der Waals surface area contributed by atoms with Gasteiger partial charge in [0, 0.05) is 42.2 Å². The van der Waals surface area contributed by atoms with Crippen LogP contribution in [0.15, 0.2) is 11.7 Å². The minimum Gasteiger partial charge on any atom is -0.297 e. The Morgan fingerprint density at radius 2 is 2.25 bits per heavy atom. The maximum Gasteiger partial charge on any atom is 0.0794 e. The summed E-state index contributed by atoms with van der Waals surface area (Å²) in [4.78, 5) is 7.97. The summed E-state index contributed by atoms with van der Waals surface area (Å²) in [6.07, 6.45) is 1.98. The lowest BCUT2D eigenvalue weighted by Crippen LogP contribution is -2.31. The molecule has 0 N–H and O–H groups in total. The van der Waals surface area contributed by atoms with Gasteiger partial charge in [0.05, 0.1) is 5.51 Å². The highest BCUT2D eigenvalue weighted by molar-refractivity contribution is 7.99. The molecule has 0 bridgehead atoms. The minimum atomic E-state index is 1.10. The molecule has 0 aliphatic carbocycles. The zero-order valence-electron chi connectivity index (χ0n) is 6.90. The van der Waals surface area contributed by atoms with Crippen LogP contribution in [-0.2, 0) is 6.54 Å². The number of thioether (sulfide) groups is 1. The summed E-state index contributed by atoms with van der Waals surface area (Å²) in [6, 6.07) is 0. The van der Waals surface area contributed by atoms with E-state index in [-0.39, 0.29) is 0 Å². The number of thiazole rings is 1. The number of nitrogens with zero attached hydrogens (tertiary/aromatic N) is 2. The van der Waals surface area contributed by atoms with Crippen molar-refractivity contribution in [1.29, 1.82) is 0 Å². The van der Waals surface area contributed by atoms with Crippen LogP contribution in [0.2, 0.25) is 0 Å². The van der Waals surface area contributed by atoms with Gasteiger partial charge in [-0.05, 0) is 0 Å². The van der Waals surface area contributed by atoms with Gasteiger partial charge in [0.1, 0.15) is 0 Å². The molecule has 2 rings (SSSR count). The third-order valence-corrected chi connectivity index (χ3v) is 3.67. The summed E-state index contributed by atoms with van der Waals surface area (Å²) in [5.74, 6) is 2.58. The smallest absolute Gasteiger partial charge is 0.0794 e. The molecule has 0 spiro atoms. The van der Waals surface area contributed by atoms with Crippen molar-refractivity contribution in [3.8, 4) is 0 Å². The second kappa shape index (κ2) is 4.25. The normalized spacial score (nSPS) is 19.7. The predicted molar refractivity (Wildman–Crippen MR) is 54.7 cm³/mol. The third-order valence-electron chi connectivity index (χ3n) is 1.97. The Bertz CT molecular complexity index is 217. The number of hydrogen-bond acceptors (Lipinski definition) is 4. The summed E-state index contributed by atoms with van der Waals surface area (Å²) in [6.45, 7) is 3.58. The van der Waals surface area contributed by atoms with E-state index in [0.29, 0.717) is 0 Å². The Balaban J connectivity index is 1.86. The molecule has 1 aliphatic heterocycles. The highest BCUT2D eigenvalue weighted by Crippen LogP contribution is 2.14. The summed E-state index contributed by atoms with van der Waals surface area (Å²) < 4.78 is 0. The standard InChI is InChI=1S/C8H12N2S2/c1-3-11-4-2-10(1)6-8-5-9-7-12-8/h5,7H,1-4,6H2. The molecule has 0 aromatic carbocycles. The molecule has 1 aromatic rings. The summed E-state index contributed by atoms with van der Waals surface area (Å²) in [5.41, 5.74) is 1.91. The van der Waals surface area contributed by atoms with Crippen molar-refractivity contribution in [2.45, 2.75) is 6.54 Å². The van der Waals surface area contributed by atoms with E-state index in [0.717, 1.165) is 6.54 Å². The lowest BCUT2D eigenvalue weighted by Gasteiger charge is -2.25. The fraction of sp³-hybridized carbons (Fsp3) is 0.625. The van der Waals surface area contributed by atoms with Crippen LogP contribution in [-0.4, -0.2) is 34.5 Å². The van der Waals surface area contributed by atoms with Crippen LogP contribution in [0.4, 0.5) is 0 Å². The average molecular weight is 200 g/mol. The monoisotopic (exact) mass is 200 g/mol. The van der Waals surface area contributed by atoms with E-state index in [9.17, 15) is 0 Å². The van der Waals surface area contributed by atoms with Gasteiger partial charge < -0.3 is 0 Å². The Kier molecular flexibility index (Phi) is 3.03.